The molecule has 1 saturated carbocycles. The summed E-state index contributed by atoms with van der Waals surface area (Å²) < 4.78 is 13.5. The van der Waals surface area contributed by atoms with Gasteiger partial charge in [0.25, 0.3) is 0 Å². The van der Waals surface area contributed by atoms with Crippen molar-refractivity contribution < 1.29 is 9.50 Å². The van der Waals surface area contributed by atoms with Gasteiger partial charge in [0.2, 0.25) is 0 Å². The zero-order valence-corrected chi connectivity index (χ0v) is 12.3. The first-order valence-corrected chi connectivity index (χ1v) is 7.32. The Hall–Kier alpha value is -0.350. The van der Waals surface area contributed by atoms with Crippen molar-refractivity contribution in [1.82, 2.24) is 5.32 Å². The van der Waals surface area contributed by atoms with E-state index in [9.17, 15) is 9.50 Å². The molecule has 1 aromatic carbocycles. The number of nitrogens with one attached hydrogen (secondary N) is 1. The van der Waals surface area contributed by atoms with Crippen LogP contribution in [-0.4, -0.2) is 17.3 Å². The topological polar surface area (TPSA) is 32.3 Å². The molecule has 2 rings (SSSR count). The van der Waals surface area contributed by atoms with E-state index in [2.05, 4.69) is 5.32 Å². The molecule has 1 atom stereocenters. The van der Waals surface area contributed by atoms with Gasteiger partial charge in [-0.3, -0.25) is 0 Å². The fourth-order valence-electron chi connectivity index (χ4n) is 2.62. The predicted molar refractivity (Wildman–Crippen MR) is 76.2 cm³/mol. The minimum atomic E-state index is -0.450. The minimum Gasteiger partial charge on any atom is -0.393 e. The summed E-state index contributed by atoms with van der Waals surface area (Å²) in [5.74, 6) is -0.450. The molecule has 19 heavy (non-hydrogen) atoms. The van der Waals surface area contributed by atoms with E-state index >= 15 is 0 Å². The van der Waals surface area contributed by atoms with E-state index < -0.39 is 5.82 Å². The van der Waals surface area contributed by atoms with Gasteiger partial charge in [0, 0.05) is 22.7 Å². The van der Waals surface area contributed by atoms with Crippen molar-refractivity contribution in [2.24, 2.45) is 0 Å². The SMILES string of the molecule is CC(NC1CCC(O)CC1)c1c(Cl)ccc(F)c1Cl. The summed E-state index contributed by atoms with van der Waals surface area (Å²) >= 11 is 12.1. The molecular formula is C14H18Cl2FNO. The highest BCUT2D eigenvalue weighted by atomic mass is 35.5. The average molecular weight is 306 g/mol. The molecule has 106 valence electrons. The van der Waals surface area contributed by atoms with E-state index in [1.165, 1.54) is 12.1 Å². The molecule has 1 aromatic rings. The number of hydrogen-bond donors (Lipinski definition) is 2. The highest BCUT2D eigenvalue weighted by molar-refractivity contribution is 6.36. The molecule has 0 aromatic heterocycles. The second-order valence-corrected chi connectivity index (χ2v) is 5.94. The van der Waals surface area contributed by atoms with E-state index in [1.54, 1.807) is 0 Å². The Bertz CT molecular complexity index is 447. The molecular weight excluding hydrogens is 288 g/mol. The Labute approximate surface area is 122 Å². The quantitative estimate of drug-likeness (QED) is 0.825. The van der Waals surface area contributed by atoms with Crippen LogP contribution < -0.4 is 5.32 Å². The number of aliphatic hydroxyl groups is 1. The van der Waals surface area contributed by atoms with Crippen LogP contribution in [-0.2, 0) is 0 Å². The lowest BCUT2D eigenvalue weighted by Gasteiger charge is -2.29. The van der Waals surface area contributed by atoms with Crippen molar-refractivity contribution in [2.75, 3.05) is 0 Å². The van der Waals surface area contributed by atoms with Gasteiger partial charge in [-0.15, -0.1) is 0 Å². The molecule has 2 nitrogen and oxygen atoms in total. The Kier molecular flexibility index (Phi) is 5.07. The van der Waals surface area contributed by atoms with E-state index in [-0.39, 0.29) is 17.2 Å². The second kappa shape index (κ2) is 6.40. The van der Waals surface area contributed by atoms with Crippen LogP contribution in [0.15, 0.2) is 12.1 Å². The molecule has 0 saturated heterocycles. The Morgan fingerprint density at radius 1 is 1.26 bits per heavy atom. The zero-order chi connectivity index (χ0) is 14.0. The number of rotatable bonds is 3. The van der Waals surface area contributed by atoms with Gasteiger partial charge in [0.15, 0.2) is 0 Å². The number of hydrogen-bond acceptors (Lipinski definition) is 2. The summed E-state index contributed by atoms with van der Waals surface area (Å²) in [6.07, 6.45) is 3.24. The summed E-state index contributed by atoms with van der Waals surface area (Å²) in [5, 5.41) is 13.5. The van der Waals surface area contributed by atoms with Gasteiger partial charge in [-0.1, -0.05) is 23.2 Å². The molecule has 1 unspecified atom stereocenters. The fourth-order valence-corrected chi connectivity index (χ4v) is 3.32. The van der Waals surface area contributed by atoms with Crippen LogP contribution in [0.25, 0.3) is 0 Å². The first-order chi connectivity index (χ1) is 8.99. The van der Waals surface area contributed by atoms with Crippen LogP contribution in [0.1, 0.15) is 44.2 Å². The summed E-state index contributed by atoms with van der Waals surface area (Å²) in [6.45, 7) is 1.93. The molecule has 2 N–H and O–H groups in total. The molecule has 0 bridgehead atoms. The van der Waals surface area contributed by atoms with Crippen molar-refractivity contribution in [3.05, 3.63) is 33.6 Å². The summed E-state index contributed by atoms with van der Waals surface area (Å²) in [6, 6.07) is 3.00. The van der Waals surface area contributed by atoms with E-state index in [4.69, 9.17) is 23.2 Å². The third kappa shape index (κ3) is 3.60. The first-order valence-electron chi connectivity index (χ1n) is 6.56. The van der Waals surface area contributed by atoms with Crippen LogP contribution in [0.3, 0.4) is 0 Å². The molecule has 0 radical (unpaired) electrons. The summed E-state index contributed by atoms with van der Waals surface area (Å²) in [7, 11) is 0. The van der Waals surface area contributed by atoms with Crippen LogP contribution >= 0.6 is 23.2 Å². The maximum absolute atomic E-state index is 13.5. The Balaban J connectivity index is 2.08. The third-order valence-electron chi connectivity index (χ3n) is 3.69. The molecule has 1 aliphatic carbocycles. The maximum Gasteiger partial charge on any atom is 0.142 e. The Morgan fingerprint density at radius 3 is 2.53 bits per heavy atom. The van der Waals surface area contributed by atoms with Gasteiger partial charge >= 0.3 is 0 Å². The lowest BCUT2D eigenvalue weighted by Crippen LogP contribution is -2.36. The number of aliphatic hydroxyl groups excluding tert-OH is 1. The molecule has 1 aliphatic rings. The summed E-state index contributed by atoms with van der Waals surface area (Å²) in [4.78, 5) is 0. The largest absolute Gasteiger partial charge is 0.393 e. The average Bonchev–Trinajstić information content (AvgIpc) is 2.37. The van der Waals surface area contributed by atoms with Crippen molar-refractivity contribution in [1.29, 1.82) is 0 Å². The minimum absolute atomic E-state index is 0.0864. The van der Waals surface area contributed by atoms with Gasteiger partial charge in [-0.05, 0) is 44.7 Å². The monoisotopic (exact) mass is 305 g/mol. The zero-order valence-electron chi connectivity index (χ0n) is 10.8. The summed E-state index contributed by atoms with van der Waals surface area (Å²) in [5.41, 5.74) is 0.606. The Morgan fingerprint density at radius 2 is 1.89 bits per heavy atom. The second-order valence-electron chi connectivity index (χ2n) is 5.15. The van der Waals surface area contributed by atoms with E-state index in [1.807, 2.05) is 6.92 Å². The molecule has 0 aliphatic heterocycles. The van der Waals surface area contributed by atoms with Crippen molar-refractivity contribution in [3.63, 3.8) is 0 Å². The third-order valence-corrected chi connectivity index (χ3v) is 4.41. The van der Waals surface area contributed by atoms with Gasteiger partial charge in [0.1, 0.15) is 5.82 Å². The van der Waals surface area contributed by atoms with Crippen LogP contribution in [0, 0.1) is 5.82 Å². The molecule has 1 fully saturated rings. The van der Waals surface area contributed by atoms with Crippen molar-refractivity contribution in [2.45, 2.75) is 50.8 Å². The standard InChI is InChI=1S/C14H18Cl2FNO/c1-8(18-9-2-4-10(19)5-3-9)13-11(15)6-7-12(17)14(13)16/h6-10,18-19H,2-5H2,1H3. The molecule has 0 heterocycles. The van der Waals surface area contributed by atoms with E-state index in [0.29, 0.717) is 16.6 Å². The smallest absolute Gasteiger partial charge is 0.142 e. The lowest BCUT2D eigenvalue weighted by atomic mass is 9.92. The first kappa shape index (κ1) is 15.0. The molecule has 5 heteroatoms. The van der Waals surface area contributed by atoms with Crippen LogP contribution in [0.2, 0.25) is 10.0 Å². The van der Waals surface area contributed by atoms with Gasteiger partial charge in [-0.25, -0.2) is 4.39 Å². The van der Waals surface area contributed by atoms with Crippen LogP contribution in [0.5, 0.6) is 0 Å². The molecule has 0 amide bonds. The normalized spacial score (nSPS) is 25.3. The van der Waals surface area contributed by atoms with Gasteiger partial charge < -0.3 is 10.4 Å². The number of halogens is 3. The molecule has 0 spiro atoms. The van der Waals surface area contributed by atoms with Gasteiger partial charge in [0.05, 0.1) is 11.1 Å². The predicted octanol–water partition coefficient (Wildman–Crippen LogP) is 4.09. The van der Waals surface area contributed by atoms with Gasteiger partial charge in [-0.2, -0.15) is 0 Å². The fraction of sp³-hybridized carbons (Fsp3) is 0.571. The lowest BCUT2D eigenvalue weighted by molar-refractivity contribution is 0.114. The maximum atomic E-state index is 13.5. The number of benzene rings is 1. The van der Waals surface area contributed by atoms with E-state index in [0.717, 1.165) is 25.7 Å². The van der Waals surface area contributed by atoms with Crippen LogP contribution in [0.4, 0.5) is 4.39 Å². The highest BCUT2D eigenvalue weighted by Gasteiger charge is 2.23. The highest BCUT2D eigenvalue weighted by Crippen LogP contribution is 2.33. The van der Waals surface area contributed by atoms with Crippen molar-refractivity contribution in [3.8, 4) is 0 Å². The van der Waals surface area contributed by atoms with Crippen molar-refractivity contribution >= 4 is 23.2 Å².